The molecule has 0 unspecified atom stereocenters. The van der Waals surface area contributed by atoms with E-state index in [4.69, 9.17) is 17.3 Å². The van der Waals surface area contributed by atoms with Gasteiger partial charge in [-0.1, -0.05) is 24.9 Å². The van der Waals surface area contributed by atoms with Crippen LogP contribution in [-0.2, 0) is 6.42 Å². The number of aryl methyl sites for hydroxylation is 1. The molecule has 4 heteroatoms. The number of nitrogens with zero attached hydrogens (tertiary/aromatic N) is 1. The third kappa shape index (κ3) is 2.70. The zero-order chi connectivity index (χ0) is 10.6. The van der Waals surface area contributed by atoms with E-state index in [9.17, 15) is 4.79 Å². The maximum absolute atomic E-state index is 11.0. The third-order valence-electron chi connectivity index (χ3n) is 1.97. The molecule has 0 aromatic carbocycles. The molecule has 2 N–H and O–H groups in total. The molecule has 0 atom stereocenters. The van der Waals surface area contributed by atoms with E-state index in [2.05, 4.69) is 11.9 Å². The molecule has 1 rings (SSSR count). The average Bonchev–Trinajstić information content (AvgIpc) is 2.14. The summed E-state index contributed by atoms with van der Waals surface area (Å²) in [5.74, 6) is -0.444. The third-order valence-corrected chi connectivity index (χ3v) is 2.18. The second kappa shape index (κ2) is 4.96. The van der Waals surface area contributed by atoms with E-state index in [1.165, 1.54) is 0 Å². The molecule has 1 aromatic heterocycles. The lowest BCUT2D eigenvalue weighted by atomic mass is 10.1. The van der Waals surface area contributed by atoms with Crippen molar-refractivity contribution >= 4 is 17.5 Å². The highest BCUT2D eigenvalue weighted by Crippen LogP contribution is 2.13. The standard InChI is InChI=1S/C10H13ClN2O/c1-2-3-4-8-7(10(12)14)5-6-9(11)13-8/h5-6H,2-4H2,1H3,(H2,12,14). The normalized spacial score (nSPS) is 10.1. The molecule has 0 radical (unpaired) electrons. The number of carbonyl (C=O) groups excluding carboxylic acids is 1. The first-order valence-corrected chi connectivity index (χ1v) is 4.98. The summed E-state index contributed by atoms with van der Waals surface area (Å²) >= 11 is 5.74. The van der Waals surface area contributed by atoms with E-state index in [0.29, 0.717) is 16.4 Å². The molecule has 0 aliphatic carbocycles. The van der Waals surface area contributed by atoms with E-state index in [0.717, 1.165) is 19.3 Å². The Bertz CT molecular complexity index is 339. The van der Waals surface area contributed by atoms with Crippen molar-refractivity contribution in [2.24, 2.45) is 5.73 Å². The Morgan fingerprint density at radius 2 is 2.29 bits per heavy atom. The van der Waals surface area contributed by atoms with Crippen LogP contribution < -0.4 is 5.73 Å². The van der Waals surface area contributed by atoms with Crippen molar-refractivity contribution in [3.63, 3.8) is 0 Å². The first-order chi connectivity index (χ1) is 6.65. The molecule has 76 valence electrons. The number of halogens is 1. The van der Waals surface area contributed by atoms with Gasteiger partial charge in [-0.15, -0.1) is 0 Å². The first kappa shape index (κ1) is 11.0. The van der Waals surface area contributed by atoms with Gasteiger partial charge in [0.1, 0.15) is 5.15 Å². The predicted molar refractivity (Wildman–Crippen MR) is 56.4 cm³/mol. The van der Waals surface area contributed by atoms with Crippen LogP contribution in [0.25, 0.3) is 0 Å². The maximum Gasteiger partial charge on any atom is 0.250 e. The quantitative estimate of drug-likeness (QED) is 0.778. The van der Waals surface area contributed by atoms with E-state index < -0.39 is 5.91 Å². The zero-order valence-corrected chi connectivity index (χ0v) is 8.84. The minimum Gasteiger partial charge on any atom is -0.366 e. The van der Waals surface area contributed by atoms with Gasteiger partial charge < -0.3 is 5.73 Å². The molecule has 0 spiro atoms. The molecule has 0 bridgehead atoms. The number of aromatic nitrogens is 1. The molecule has 3 nitrogen and oxygen atoms in total. The topological polar surface area (TPSA) is 56.0 Å². The fraction of sp³-hybridized carbons (Fsp3) is 0.400. The minimum atomic E-state index is -0.444. The Labute approximate surface area is 88.3 Å². The van der Waals surface area contributed by atoms with E-state index in [1.54, 1.807) is 12.1 Å². The highest BCUT2D eigenvalue weighted by Gasteiger charge is 2.09. The molecule has 0 aliphatic rings. The number of hydrogen-bond acceptors (Lipinski definition) is 2. The Balaban J connectivity index is 2.97. The second-order valence-electron chi connectivity index (χ2n) is 3.10. The number of pyridine rings is 1. The molecule has 0 saturated carbocycles. The smallest absolute Gasteiger partial charge is 0.250 e. The van der Waals surface area contributed by atoms with Crippen LogP contribution in [-0.4, -0.2) is 10.9 Å². The number of carbonyl (C=O) groups is 1. The minimum absolute atomic E-state index is 0.404. The van der Waals surface area contributed by atoms with Gasteiger partial charge in [0.15, 0.2) is 0 Å². The molecular formula is C10H13ClN2O. The number of unbranched alkanes of at least 4 members (excludes halogenated alkanes) is 1. The van der Waals surface area contributed by atoms with Gasteiger partial charge in [0.25, 0.3) is 5.91 Å². The molecule has 14 heavy (non-hydrogen) atoms. The van der Waals surface area contributed by atoms with Crippen LogP contribution in [0.4, 0.5) is 0 Å². The monoisotopic (exact) mass is 212 g/mol. The summed E-state index contributed by atoms with van der Waals surface area (Å²) in [6.45, 7) is 2.08. The fourth-order valence-corrected chi connectivity index (χ4v) is 1.40. The van der Waals surface area contributed by atoms with Crippen molar-refractivity contribution < 1.29 is 4.79 Å². The average molecular weight is 213 g/mol. The fourth-order valence-electron chi connectivity index (χ4n) is 1.23. The van der Waals surface area contributed by atoms with Crippen molar-refractivity contribution in [1.29, 1.82) is 0 Å². The Kier molecular flexibility index (Phi) is 3.89. The SMILES string of the molecule is CCCCc1nc(Cl)ccc1C(N)=O. The molecular weight excluding hydrogens is 200 g/mol. The molecule has 1 amide bonds. The summed E-state index contributed by atoms with van der Waals surface area (Å²) in [7, 11) is 0. The summed E-state index contributed by atoms with van der Waals surface area (Å²) in [5, 5.41) is 0.404. The van der Waals surface area contributed by atoms with Gasteiger partial charge in [0, 0.05) is 0 Å². The lowest BCUT2D eigenvalue weighted by Crippen LogP contribution is -2.14. The van der Waals surface area contributed by atoms with Crippen LogP contribution in [0.2, 0.25) is 5.15 Å². The lowest BCUT2D eigenvalue weighted by molar-refractivity contribution is 0.0999. The van der Waals surface area contributed by atoms with E-state index in [-0.39, 0.29) is 0 Å². The number of hydrogen-bond donors (Lipinski definition) is 1. The number of nitrogens with two attached hydrogens (primary N) is 1. The van der Waals surface area contributed by atoms with Crippen LogP contribution in [0.3, 0.4) is 0 Å². The molecule has 1 aromatic rings. The number of rotatable bonds is 4. The molecule has 0 fully saturated rings. The van der Waals surface area contributed by atoms with Gasteiger partial charge >= 0.3 is 0 Å². The Morgan fingerprint density at radius 3 is 2.86 bits per heavy atom. The lowest BCUT2D eigenvalue weighted by Gasteiger charge is -2.04. The van der Waals surface area contributed by atoms with E-state index in [1.807, 2.05) is 0 Å². The first-order valence-electron chi connectivity index (χ1n) is 4.60. The second-order valence-corrected chi connectivity index (χ2v) is 3.48. The molecule has 0 aliphatic heterocycles. The number of amides is 1. The zero-order valence-electron chi connectivity index (χ0n) is 8.09. The maximum atomic E-state index is 11.0. The summed E-state index contributed by atoms with van der Waals surface area (Å²) in [4.78, 5) is 15.1. The largest absolute Gasteiger partial charge is 0.366 e. The Hall–Kier alpha value is -1.09. The van der Waals surface area contributed by atoms with Crippen molar-refractivity contribution in [2.45, 2.75) is 26.2 Å². The summed E-state index contributed by atoms with van der Waals surface area (Å²) < 4.78 is 0. The van der Waals surface area contributed by atoms with Crippen LogP contribution in [0.15, 0.2) is 12.1 Å². The number of primary amides is 1. The van der Waals surface area contributed by atoms with Gasteiger partial charge in [0.2, 0.25) is 0 Å². The van der Waals surface area contributed by atoms with E-state index >= 15 is 0 Å². The van der Waals surface area contributed by atoms with Crippen molar-refractivity contribution in [2.75, 3.05) is 0 Å². The highest BCUT2D eigenvalue weighted by atomic mass is 35.5. The predicted octanol–water partition coefficient (Wildman–Crippen LogP) is 2.18. The van der Waals surface area contributed by atoms with Crippen LogP contribution in [0.1, 0.15) is 35.8 Å². The van der Waals surface area contributed by atoms with Crippen LogP contribution in [0, 0.1) is 0 Å². The summed E-state index contributed by atoms with van der Waals surface area (Å²) in [5.41, 5.74) is 6.39. The van der Waals surface area contributed by atoms with Crippen LogP contribution >= 0.6 is 11.6 Å². The Morgan fingerprint density at radius 1 is 1.57 bits per heavy atom. The van der Waals surface area contributed by atoms with Crippen molar-refractivity contribution in [1.82, 2.24) is 4.98 Å². The molecule has 0 saturated heterocycles. The van der Waals surface area contributed by atoms with Gasteiger partial charge in [-0.3, -0.25) is 4.79 Å². The molecule has 1 heterocycles. The highest BCUT2D eigenvalue weighted by molar-refractivity contribution is 6.29. The van der Waals surface area contributed by atoms with Gasteiger partial charge in [-0.2, -0.15) is 0 Å². The van der Waals surface area contributed by atoms with Gasteiger partial charge in [0.05, 0.1) is 11.3 Å². The summed E-state index contributed by atoms with van der Waals surface area (Å²) in [6.07, 6.45) is 2.77. The van der Waals surface area contributed by atoms with Crippen molar-refractivity contribution in [3.8, 4) is 0 Å². The van der Waals surface area contributed by atoms with Gasteiger partial charge in [-0.05, 0) is 25.0 Å². The summed E-state index contributed by atoms with van der Waals surface area (Å²) in [6, 6.07) is 3.21. The van der Waals surface area contributed by atoms with Crippen molar-refractivity contribution in [3.05, 3.63) is 28.5 Å². The van der Waals surface area contributed by atoms with Gasteiger partial charge in [-0.25, -0.2) is 4.98 Å². The van der Waals surface area contributed by atoms with Crippen LogP contribution in [0.5, 0.6) is 0 Å².